The van der Waals surface area contributed by atoms with Crippen molar-refractivity contribution in [3.05, 3.63) is 64.7 Å². The Morgan fingerprint density at radius 1 is 1.14 bits per heavy atom. The average molecular weight is 282 g/mol. The summed E-state index contributed by atoms with van der Waals surface area (Å²) in [6.45, 7) is 7.27. The molecule has 0 aliphatic heterocycles. The zero-order valence-electron chi connectivity index (χ0n) is 12.9. The number of amides is 1. The summed E-state index contributed by atoms with van der Waals surface area (Å²) in [7, 11) is 0. The Hall–Kier alpha value is -2.29. The van der Waals surface area contributed by atoms with Crippen molar-refractivity contribution >= 4 is 11.6 Å². The molecule has 1 amide bonds. The molecular weight excluding hydrogens is 260 g/mol. The summed E-state index contributed by atoms with van der Waals surface area (Å²) >= 11 is 0. The number of carbonyl (C=O) groups is 1. The number of nitrogens with zero attached hydrogens (tertiary/aromatic N) is 1. The Morgan fingerprint density at radius 3 is 2.52 bits per heavy atom. The molecule has 0 fully saturated rings. The highest BCUT2D eigenvalue weighted by Crippen LogP contribution is 2.17. The number of nitrogens with two attached hydrogens (primary N) is 1. The third-order valence-electron chi connectivity index (χ3n) is 3.83. The highest BCUT2D eigenvalue weighted by Gasteiger charge is 2.17. The van der Waals surface area contributed by atoms with Crippen LogP contribution in [0.2, 0.25) is 0 Å². The van der Waals surface area contributed by atoms with Crippen molar-refractivity contribution in [1.29, 1.82) is 0 Å². The molecule has 0 saturated heterocycles. The second-order valence-electron chi connectivity index (χ2n) is 5.31. The molecule has 2 rings (SSSR count). The smallest absolute Gasteiger partial charge is 0.254 e. The summed E-state index contributed by atoms with van der Waals surface area (Å²) in [4.78, 5) is 14.6. The molecule has 0 unspecified atom stereocenters. The van der Waals surface area contributed by atoms with Gasteiger partial charge in [-0.05, 0) is 55.7 Å². The SMILES string of the molecule is CCN(Cc1cccc(N)c1)C(=O)c1cccc(C)c1C. The molecule has 0 aliphatic rings. The Bertz CT molecular complexity index is 649. The van der Waals surface area contributed by atoms with Gasteiger partial charge >= 0.3 is 0 Å². The van der Waals surface area contributed by atoms with Crippen LogP contribution in [-0.2, 0) is 6.54 Å². The summed E-state index contributed by atoms with van der Waals surface area (Å²) in [5, 5.41) is 0. The fourth-order valence-electron chi connectivity index (χ4n) is 2.39. The number of carbonyl (C=O) groups excluding carboxylic acids is 1. The molecule has 110 valence electrons. The number of nitrogen functional groups attached to an aromatic ring is 1. The zero-order valence-corrected chi connectivity index (χ0v) is 12.9. The van der Waals surface area contributed by atoms with E-state index in [1.807, 2.05) is 68.1 Å². The van der Waals surface area contributed by atoms with Crippen LogP contribution in [-0.4, -0.2) is 17.4 Å². The monoisotopic (exact) mass is 282 g/mol. The minimum atomic E-state index is 0.0705. The third-order valence-corrected chi connectivity index (χ3v) is 3.83. The molecule has 2 N–H and O–H groups in total. The van der Waals surface area contributed by atoms with Crippen molar-refractivity contribution in [3.8, 4) is 0 Å². The lowest BCUT2D eigenvalue weighted by atomic mass is 10.0. The lowest BCUT2D eigenvalue weighted by Crippen LogP contribution is -2.31. The minimum absolute atomic E-state index is 0.0705. The van der Waals surface area contributed by atoms with Crippen molar-refractivity contribution < 1.29 is 4.79 Å². The van der Waals surface area contributed by atoms with E-state index in [0.717, 1.165) is 27.9 Å². The van der Waals surface area contributed by atoms with E-state index in [1.165, 1.54) is 0 Å². The number of aryl methyl sites for hydroxylation is 1. The van der Waals surface area contributed by atoms with Gasteiger partial charge in [0.2, 0.25) is 0 Å². The maximum Gasteiger partial charge on any atom is 0.254 e. The topological polar surface area (TPSA) is 46.3 Å². The molecule has 0 atom stereocenters. The predicted molar refractivity (Wildman–Crippen MR) is 87.2 cm³/mol. The quantitative estimate of drug-likeness (QED) is 0.872. The normalized spacial score (nSPS) is 10.4. The summed E-state index contributed by atoms with van der Waals surface area (Å²) in [5.41, 5.74) is 10.5. The number of anilines is 1. The van der Waals surface area contributed by atoms with Crippen molar-refractivity contribution in [1.82, 2.24) is 4.90 Å². The first-order valence-electron chi connectivity index (χ1n) is 7.22. The fourth-order valence-corrected chi connectivity index (χ4v) is 2.39. The molecule has 2 aromatic carbocycles. The first-order valence-corrected chi connectivity index (χ1v) is 7.22. The Kier molecular flexibility index (Phi) is 4.63. The van der Waals surface area contributed by atoms with E-state index in [-0.39, 0.29) is 5.91 Å². The molecule has 0 bridgehead atoms. The van der Waals surface area contributed by atoms with Gasteiger partial charge < -0.3 is 10.6 Å². The molecule has 0 heterocycles. The molecule has 2 aromatic rings. The van der Waals surface area contributed by atoms with E-state index in [1.54, 1.807) is 0 Å². The van der Waals surface area contributed by atoms with Gasteiger partial charge in [-0.15, -0.1) is 0 Å². The van der Waals surface area contributed by atoms with Gasteiger partial charge in [-0.25, -0.2) is 0 Å². The van der Waals surface area contributed by atoms with Crippen molar-refractivity contribution in [2.45, 2.75) is 27.3 Å². The summed E-state index contributed by atoms with van der Waals surface area (Å²) in [5.74, 6) is 0.0705. The fraction of sp³-hybridized carbons (Fsp3) is 0.278. The van der Waals surface area contributed by atoms with Gasteiger partial charge in [0.15, 0.2) is 0 Å². The lowest BCUT2D eigenvalue weighted by Gasteiger charge is -2.22. The molecule has 3 heteroatoms. The minimum Gasteiger partial charge on any atom is -0.399 e. The van der Waals surface area contributed by atoms with E-state index in [9.17, 15) is 4.79 Å². The summed E-state index contributed by atoms with van der Waals surface area (Å²) < 4.78 is 0. The molecule has 3 nitrogen and oxygen atoms in total. The molecule has 0 aromatic heterocycles. The van der Waals surface area contributed by atoms with Crippen LogP contribution >= 0.6 is 0 Å². The van der Waals surface area contributed by atoms with E-state index in [4.69, 9.17) is 5.73 Å². The van der Waals surface area contributed by atoms with Crippen LogP contribution in [0.4, 0.5) is 5.69 Å². The Labute approximate surface area is 126 Å². The van der Waals surface area contributed by atoms with E-state index in [0.29, 0.717) is 13.1 Å². The van der Waals surface area contributed by atoms with Crippen LogP contribution in [0.15, 0.2) is 42.5 Å². The second kappa shape index (κ2) is 6.44. The van der Waals surface area contributed by atoms with E-state index in [2.05, 4.69) is 0 Å². The van der Waals surface area contributed by atoms with Gasteiger partial charge in [0.25, 0.3) is 5.91 Å². The van der Waals surface area contributed by atoms with Crippen LogP contribution in [0.5, 0.6) is 0 Å². The van der Waals surface area contributed by atoms with Crippen molar-refractivity contribution in [3.63, 3.8) is 0 Å². The lowest BCUT2D eigenvalue weighted by molar-refractivity contribution is 0.0752. The van der Waals surface area contributed by atoms with Gasteiger partial charge in [0, 0.05) is 24.3 Å². The molecule has 0 spiro atoms. The highest BCUT2D eigenvalue weighted by atomic mass is 16.2. The average Bonchev–Trinajstić information content (AvgIpc) is 2.47. The van der Waals surface area contributed by atoms with Crippen molar-refractivity contribution in [2.75, 3.05) is 12.3 Å². The predicted octanol–water partition coefficient (Wildman–Crippen LogP) is 3.55. The molecule has 0 aliphatic carbocycles. The van der Waals surface area contributed by atoms with Gasteiger partial charge in [-0.2, -0.15) is 0 Å². The van der Waals surface area contributed by atoms with Gasteiger partial charge in [0.05, 0.1) is 0 Å². The number of hydrogen-bond donors (Lipinski definition) is 1. The van der Waals surface area contributed by atoms with Gasteiger partial charge in [-0.1, -0.05) is 24.3 Å². The first-order chi connectivity index (χ1) is 10.0. The Balaban J connectivity index is 2.25. The summed E-state index contributed by atoms with van der Waals surface area (Å²) in [6.07, 6.45) is 0. The van der Waals surface area contributed by atoms with Crippen LogP contribution in [0, 0.1) is 13.8 Å². The molecule has 0 radical (unpaired) electrons. The highest BCUT2D eigenvalue weighted by molar-refractivity contribution is 5.95. The van der Waals surface area contributed by atoms with E-state index < -0.39 is 0 Å². The standard InChI is InChI=1S/C18H22N2O/c1-4-20(12-15-8-6-9-16(19)11-15)18(21)17-10-5-7-13(2)14(17)3/h5-11H,4,12,19H2,1-3H3. The van der Waals surface area contributed by atoms with Crippen LogP contribution < -0.4 is 5.73 Å². The Morgan fingerprint density at radius 2 is 1.86 bits per heavy atom. The molecular formula is C18H22N2O. The maximum atomic E-state index is 12.7. The van der Waals surface area contributed by atoms with Crippen LogP contribution in [0.3, 0.4) is 0 Å². The largest absolute Gasteiger partial charge is 0.399 e. The molecule has 21 heavy (non-hydrogen) atoms. The zero-order chi connectivity index (χ0) is 15.4. The first kappa shape index (κ1) is 15.1. The number of rotatable bonds is 4. The van der Waals surface area contributed by atoms with Crippen LogP contribution in [0.25, 0.3) is 0 Å². The third kappa shape index (κ3) is 3.43. The molecule has 0 saturated carbocycles. The maximum absolute atomic E-state index is 12.7. The second-order valence-corrected chi connectivity index (χ2v) is 5.31. The summed E-state index contributed by atoms with van der Waals surface area (Å²) in [6, 6.07) is 13.5. The van der Waals surface area contributed by atoms with Gasteiger partial charge in [0.1, 0.15) is 0 Å². The van der Waals surface area contributed by atoms with Gasteiger partial charge in [-0.3, -0.25) is 4.79 Å². The van der Waals surface area contributed by atoms with E-state index >= 15 is 0 Å². The number of benzene rings is 2. The number of hydrogen-bond acceptors (Lipinski definition) is 2. The van der Waals surface area contributed by atoms with Crippen LogP contribution in [0.1, 0.15) is 34.0 Å². The van der Waals surface area contributed by atoms with Crippen molar-refractivity contribution in [2.24, 2.45) is 0 Å².